The largest absolute Gasteiger partial charge is 0.351 e. The molecular weight excluding hydrogens is 411 g/mol. The van der Waals surface area contributed by atoms with E-state index < -0.39 is 6.04 Å². The molecule has 1 aromatic carbocycles. The van der Waals surface area contributed by atoms with Crippen molar-refractivity contribution in [3.63, 3.8) is 0 Å². The van der Waals surface area contributed by atoms with Gasteiger partial charge in [-0.1, -0.05) is 25.1 Å². The number of carbonyl (C=O) groups is 2. The van der Waals surface area contributed by atoms with E-state index in [0.29, 0.717) is 11.5 Å². The third-order valence-corrected chi connectivity index (χ3v) is 6.54. The average Bonchev–Trinajstić information content (AvgIpc) is 3.23. The van der Waals surface area contributed by atoms with Gasteiger partial charge in [-0.25, -0.2) is 4.39 Å². The van der Waals surface area contributed by atoms with Crippen molar-refractivity contribution in [2.75, 3.05) is 5.88 Å². The molecule has 1 aliphatic rings. The lowest BCUT2D eigenvalue weighted by atomic mass is 9.87. The minimum atomic E-state index is -0.858. The molecule has 1 aromatic heterocycles. The third-order valence-electron chi connectivity index (χ3n) is 5.45. The van der Waals surface area contributed by atoms with Crippen molar-refractivity contribution >= 4 is 34.8 Å². The first-order valence-corrected chi connectivity index (χ1v) is 11.3. The molecular formula is C22H26ClFN2O2S. The van der Waals surface area contributed by atoms with E-state index in [0.717, 1.165) is 30.6 Å². The first kappa shape index (κ1) is 21.8. The fraction of sp³-hybridized carbons (Fsp3) is 0.455. The van der Waals surface area contributed by atoms with E-state index in [1.165, 1.54) is 28.4 Å². The molecule has 0 bridgehead atoms. The molecule has 29 heavy (non-hydrogen) atoms. The summed E-state index contributed by atoms with van der Waals surface area (Å²) in [5.74, 6) is -0.517. The molecule has 0 saturated heterocycles. The van der Waals surface area contributed by atoms with Crippen molar-refractivity contribution in [1.82, 2.24) is 10.2 Å². The van der Waals surface area contributed by atoms with Gasteiger partial charge in [0.25, 0.3) is 0 Å². The number of alkyl halides is 1. The Balaban J connectivity index is 1.88. The van der Waals surface area contributed by atoms with Gasteiger partial charge in [0.2, 0.25) is 11.8 Å². The Labute approximate surface area is 180 Å². The number of benzene rings is 1. The molecule has 1 N–H and O–H groups in total. The van der Waals surface area contributed by atoms with Crippen LogP contribution in [0.4, 0.5) is 4.39 Å². The summed E-state index contributed by atoms with van der Waals surface area (Å²) in [4.78, 5) is 28.5. The lowest BCUT2D eigenvalue weighted by Crippen LogP contribution is -2.47. The Bertz CT molecular complexity index is 805. The van der Waals surface area contributed by atoms with E-state index >= 15 is 0 Å². The topological polar surface area (TPSA) is 49.4 Å². The van der Waals surface area contributed by atoms with Crippen LogP contribution in [-0.2, 0) is 16.1 Å². The van der Waals surface area contributed by atoms with Gasteiger partial charge in [0.1, 0.15) is 17.7 Å². The van der Waals surface area contributed by atoms with Crippen LogP contribution in [0, 0.1) is 11.7 Å². The zero-order valence-electron chi connectivity index (χ0n) is 16.4. The Morgan fingerprint density at radius 2 is 1.90 bits per heavy atom. The second-order valence-corrected chi connectivity index (χ2v) is 8.95. The van der Waals surface area contributed by atoms with Gasteiger partial charge in [-0.3, -0.25) is 9.59 Å². The number of hydrogen-bond acceptors (Lipinski definition) is 3. The molecule has 1 fully saturated rings. The van der Waals surface area contributed by atoms with Gasteiger partial charge in [0.15, 0.2) is 0 Å². The molecule has 0 aliphatic heterocycles. The molecule has 1 aliphatic carbocycles. The maximum atomic E-state index is 13.5. The van der Waals surface area contributed by atoms with E-state index in [1.54, 1.807) is 12.1 Å². The maximum absolute atomic E-state index is 13.5. The van der Waals surface area contributed by atoms with Gasteiger partial charge >= 0.3 is 0 Å². The van der Waals surface area contributed by atoms with E-state index in [-0.39, 0.29) is 36.1 Å². The predicted molar refractivity (Wildman–Crippen MR) is 114 cm³/mol. The van der Waals surface area contributed by atoms with Gasteiger partial charge in [-0.05, 0) is 60.7 Å². The number of rotatable bonds is 7. The Hall–Kier alpha value is -1.92. The van der Waals surface area contributed by atoms with Crippen molar-refractivity contribution in [2.24, 2.45) is 5.92 Å². The zero-order chi connectivity index (χ0) is 20.8. The number of hydrogen-bond donors (Lipinski definition) is 1. The highest BCUT2D eigenvalue weighted by Crippen LogP contribution is 2.28. The lowest BCUT2D eigenvalue weighted by Gasteiger charge is -2.33. The fourth-order valence-corrected chi connectivity index (χ4v) is 4.63. The number of halogens is 2. The van der Waals surface area contributed by atoms with E-state index in [2.05, 4.69) is 12.2 Å². The second kappa shape index (κ2) is 10.2. The molecule has 2 amide bonds. The third kappa shape index (κ3) is 5.80. The minimum absolute atomic E-state index is 0.0938. The second-order valence-electron chi connectivity index (χ2n) is 7.65. The van der Waals surface area contributed by atoms with Crippen molar-refractivity contribution in [1.29, 1.82) is 0 Å². The quantitative estimate of drug-likeness (QED) is 0.628. The molecule has 2 aromatic rings. The molecule has 1 atom stereocenters. The van der Waals surface area contributed by atoms with Gasteiger partial charge in [0.05, 0.1) is 6.54 Å². The van der Waals surface area contributed by atoms with E-state index in [9.17, 15) is 14.0 Å². The van der Waals surface area contributed by atoms with Crippen LogP contribution in [0.3, 0.4) is 0 Å². The van der Waals surface area contributed by atoms with Crippen LogP contribution in [-0.4, -0.2) is 28.6 Å². The van der Waals surface area contributed by atoms with E-state index in [4.69, 9.17) is 11.6 Å². The summed E-state index contributed by atoms with van der Waals surface area (Å²) in [6, 6.07) is 8.80. The van der Waals surface area contributed by atoms with Gasteiger partial charge in [-0.15, -0.1) is 22.9 Å². The van der Waals surface area contributed by atoms with Crippen LogP contribution in [0.15, 0.2) is 41.8 Å². The van der Waals surface area contributed by atoms with Crippen molar-refractivity contribution in [3.8, 4) is 0 Å². The Morgan fingerprint density at radius 1 is 1.21 bits per heavy atom. The Kier molecular flexibility index (Phi) is 7.67. The van der Waals surface area contributed by atoms with Crippen molar-refractivity contribution in [2.45, 2.75) is 51.2 Å². The van der Waals surface area contributed by atoms with Gasteiger partial charge < -0.3 is 10.2 Å². The fourth-order valence-electron chi connectivity index (χ4n) is 3.77. The number of amides is 2. The summed E-state index contributed by atoms with van der Waals surface area (Å²) >= 11 is 7.39. The van der Waals surface area contributed by atoms with Crippen molar-refractivity contribution < 1.29 is 14.0 Å². The average molecular weight is 437 g/mol. The van der Waals surface area contributed by atoms with Crippen LogP contribution in [0.5, 0.6) is 0 Å². The molecule has 0 unspecified atom stereocenters. The molecule has 1 saturated carbocycles. The summed E-state index contributed by atoms with van der Waals surface area (Å²) in [5.41, 5.74) is 0.572. The molecule has 1 heterocycles. The lowest BCUT2D eigenvalue weighted by molar-refractivity contribution is -0.140. The SMILES string of the molecule is CC1CCC(NC(=O)[C@@H](c2ccc(F)cc2)N(Cc2cccs2)C(=O)CCl)CC1. The van der Waals surface area contributed by atoms with Gasteiger partial charge in [0, 0.05) is 10.9 Å². The predicted octanol–water partition coefficient (Wildman–Crippen LogP) is 4.89. The first-order chi connectivity index (χ1) is 14.0. The number of nitrogens with zero attached hydrogens (tertiary/aromatic N) is 1. The molecule has 0 radical (unpaired) electrons. The molecule has 3 rings (SSSR count). The molecule has 4 nitrogen and oxygen atoms in total. The monoisotopic (exact) mass is 436 g/mol. The highest BCUT2D eigenvalue weighted by atomic mass is 35.5. The molecule has 156 valence electrons. The molecule has 0 spiro atoms. The summed E-state index contributed by atoms with van der Waals surface area (Å²) in [6.07, 6.45) is 4.01. The van der Waals surface area contributed by atoms with Crippen LogP contribution < -0.4 is 5.32 Å². The van der Waals surface area contributed by atoms with Crippen LogP contribution >= 0.6 is 22.9 Å². The Morgan fingerprint density at radius 3 is 2.48 bits per heavy atom. The van der Waals surface area contributed by atoms with Crippen LogP contribution in [0.1, 0.15) is 49.1 Å². The van der Waals surface area contributed by atoms with Crippen molar-refractivity contribution in [3.05, 3.63) is 58.0 Å². The highest BCUT2D eigenvalue weighted by molar-refractivity contribution is 7.09. The maximum Gasteiger partial charge on any atom is 0.247 e. The summed E-state index contributed by atoms with van der Waals surface area (Å²) in [7, 11) is 0. The first-order valence-electron chi connectivity index (χ1n) is 9.91. The summed E-state index contributed by atoms with van der Waals surface area (Å²) in [5, 5.41) is 5.05. The number of nitrogens with one attached hydrogen (secondary N) is 1. The van der Waals surface area contributed by atoms with Crippen LogP contribution in [0.2, 0.25) is 0 Å². The number of carbonyl (C=O) groups excluding carboxylic acids is 2. The van der Waals surface area contributed by atoms with Crippen LogP contribution in [0.25, 0.3) is 0 Å². The summed E-state index contributed by atoms with van der Waals surface area (Å²) < 4.78 is 13.5. The number of thiophene rings is 1. The minimum Gasteiger partial charge on any atom is -0.351 e. The highest BCUT2D eigenvalue weighted by Gasteiger charge is 2.33. The van der Waals surface area contributed by atoms with Gasteiger partial charge in [-0.2, -0.15) is 0 Å². The zero-order valence-corrected chi connectivity index (χ0v) is 18.0. The smallest absolute Gasteiger partial charge is 0.247 e. The normalized spacial score (nSPS) is 20.1. The standard InChI is InChI=1S/C22H26ClFN2O2S/c1-15-4-10-18(11-5-15)25-22(28)21(16-6-8-17(24)9-7-16)26(20(27)13-23)14-19-3-2-12-29-19/h2-3,6-9,12,15,18,21H,4-5,10-11,13-14H2,1H3,(H,25,28)/t15?,18?,21-/m1/s1. The van der Waals surface area contributed by atoms with E-state index in [1.807, 2.05) is 17.5 Å². The molecule has 7 heteroatoms. The summed E-state index contributed by atoms with van der Waals surface area (Å²) in [6.45, 7) is 2.50.